The molecule has 0 radical (unpaired) electrons. The van der Waals surface area contributed by atoms with Crippen molar-refractivity contribution in [3.8, 4) is 5.75 Å². The van der Waals surface area contributed by atoms with E-state index < -0.39 is 5.97 Å². The van der Waals surface area contributed by atoms with Crippen LogP contribution < -0.4 is 4.74 Å². The topological polar surface area (TPSA) is 49.8 Å². The van der Waals surface area contributed by atoms with Crippen LogP contribution >= 0.6 is 15.9 Å². The summed E-state index contributed by atoms with van der Waals surface area (Å²) >= 11 is 3.61. The summed E-state index contributed by atoms with van der Waals surface area (Å²) in [5.41, 5.74) is 2.28. The smallest absolute Gasteiger partial charge is 0.306 e. The number of carbonyl (C=O) groups is 1. The highest BCUT2D eigenvalue weighted by Crippen LogP contribution is 2.39. The first-order chi connectivity index (χ1) is 14.1. The van der Waals surface area contributed by atoms with Gasteiger partial charge in [-0.1, -0.05) is 52.3 Å². The van der Waals surface area contributed by atoms with E-state index in [1.54, 1.807) is 7.11 Å². The molecule has 1 aliphatic heterocycles. The first-order valence-electron chi connectivity index (χ1n) is 9.86. The van der Waals surface area contributed by atoms with Crippen molar-refractivity contribution >= 4 is 32.7 Å². The molecule has 0 aromatic heterocycles. The number of hydrogen-bond donors (Lipinski definition) is 1. The van der Waals surface area contributed by atoms with Crippen molar-refractivity contribution in [2.45, 2.75) is 18.9 Å². The van der Waals surface area contributed by atoms with E-state index in [4.69, 9.17) is 4.74 Å². The second kappa shape index (κ2) is 8.56. The Morgan fingerprint density at radius 2 is 1.79 bits per heavy atom. The molecule has 4 rings (SSSR count). The number of carboxylic acids is 1. The Kier molecular flexibility index (Phi) is 5.88. The van der Waals surface area contributed by atoms with Crippen molar-refractivity contribution in [3.63, 3.8) is 0 Å². The van der Waals surface area contributed by atoms with Gasteiger partial charge in [-0.2, -0.15) is 0 Å². The Morgan fingerprint density at radius 1 is 1.07 bits per heavy atom. The van der Waals surface area contributed by atoms with E-state index in [9.17, 15) is 9.90 Å². The molecular weight excluding hydrogens is 430 g/mol. The van der Waals surface area contributed by atoms with Crippen LogP contribution in [0.15, 0.2) is 65.1 Å². The first kappa shape index (κ1) is 19.9. The number of methoxy groups -OCH3 is 1. The molecule has 1 fully saturated rings. The number of ether oxygens (including phenoxy) is 1. The lowest BCUT2D eigenvalue weighted by atomic mass is 9.90. The summed E-state index contributed by atoms with van der Waals surface area (Å²) in [6.45, 7) is 1.48. The van der Waals surface area contributed by atoms with Crippen LogP contribution in [0.5, 0.6) is 5.75 Å². The predicted octanol–water partition coefficient (Wildman–Crippen LogP) is 5.50. The summed E-state index contributed by atoms with van der Waals surface area (Å²) in [5, 5.41) is 11.8. The molecule has 0 aliphatic carbocycles. The lowest BCUT2D eigenvalue weighted by Crippen LogP contribution is -2.39. The zero-order chi connectivity index (χ0) is 20.4. The molecule has 0 spiro atoms. The standard InChI is InChI=1S/C24H24BrNO3/c1-29-22-9-8-20(25)15-21(22)23(26-12-10-17(11-13-26)24(27)28)19-7-6-16-4-2-3-5-18(16)14-19/h2-9,14-15,17,23H,10-13H2,1H3,(H,27,28). The fraction of sp³-hybridized carbons (Fsp3) is 0.292. The zero-order valence-electron chi connectivity index (χ0n) is 16.3. The highest BCUT2D eigenvalue weighted by molar-refractivity contribution is 9.10. The Bertz CT molecular complexity index is 1030. The highest BCUT2D eigenvalue weighted by Gasteiger charge is 2.31. The molecule has 29 heavy (non-hydrogen) atoms. The lowest BCUT2D eigenvalue weighted by molar-refractivity contribution is -0.143. The van der Waals surface area contributed by atoms with Gasteiger partial charge in [-0.25, -0.2) is 0 Å². The minimum atomic E-state index is -0.688. The van der Waals surface area contributed by atoms with Crippen LogP contribution in [0.25, 0.3) is 10.8 Å². The van der Waals surface area contributed by atoms with Gasteiger partial charge in [0.25, 0.3) is 0 Å². The zero-order valence-corrected chi connectivity index (χ0v) is 17.9. The maximum Gasteiger partial charge on any atom is 0.306 e. The third-order valence-corrected chi connectivity index (χ3v) is 6.31. The molecule has 150 valence electrons. The number of benzene rings is 3. The molecule has 3 aromatic rings. The van der Waals surface area contributed by atoms with Gasteiger partial charge in [0, 0.05) is 10.0 Å². The molecule has 5 heteroatoms. The SMILES string of the molecule is COc1ccc(Br)cc1C(c1ccc2ccccc2c1)N1CCC(C(=O)O)CC1. The van der Waals surface area contributed by atoms with Crippen molar-refractivity contribution in [2.24, 2.45) is 5.92 Å². The van der Waals surface area contributed by atoms with Crippen molar-refractivity contribution in [1.82, 2.24) is 4.90 Å². The number of piperidine rings is 1. The molecule has 1 heterocycles. The van der Waals surface area contributed by atoms with Gasteiger partial charge in [0.05, 0.1) is 19.1 Å². The van der Waals surface area contributed by atoms with Crippen LogP contribution in [0.4, 0.5) is 0 Å². The van der Waals surface area contributed by atoms with E-state index in [2.05, 4.69) is 63.3 Å². The van der Waals surface area contributed by atoms with Crippen LogP contribution in [0.3, 0.4) is 0 Å². The molecular formula is C24H24BrNO3. The van der Waals surface area contributed by atoms with Gasteiger partial charge >= 0.3 is 5.97 Å². The Balaban J connectivity index is 1.79. The molecule has 4 nitrogen and oxygen atoms in total. The van der Waals surface area contributed by atoms with E-state index in [-0.39, 0.29) is 12.0 Å². The Labute approximate surface area is 179 Å². The van der Waals surface area contributed by atoms with Crippen molar-refractivity contribution in [2.75, 3.05) is 20.2 Å². The number of likely N-dealkylation sites (tertiary alicyclic amines) is 1. The number of nitrogens with zero attached hydrogens (tertiary/aromatic N) is 1. The minimum Gasteiger partial charge on any atom is -0.496 e. The fourth-order valence-electron chi connectivity index (χ4n) is 4.29. The first-order valence-corrected chi connectivity index (χ1v) is 10.6. The second-order valence-corrected chi connectivity index (χ2v) is 8.46. The summed E-state index contributed by atoms with van der Waals surface area (Å²) in [6, 6.07) is 21.0. The van der Waals surface area contributed by atoms with Crippen LogP contribution in [-0.4, -0.2) is 36.2 Å². The number of halogens is 1. The molecule has 1 aliphatic rings. The van der Waals surface area contributed by atoms with Gasteiger partial charge in [-0.3, -0.25) is 9.69 Å². The third kappa shape index (κ3) is 4.16. The molecule has 3 aromatic carbocycles. The van der Waals surface area contributed by atoms with Gasteiger partial charge in [-0.05, 0) is 66.5 Å². The normalized spacial score (nSPS) is 16.6. The van der Waals surface area contributed by atoms with E-state index in [1.165, 1.54) is 16.3 Å². The van der Waals surface area contributed by atoms with Gasteiger partial charge in [0.1, 0.15) is 5.75 Å². The molecule has 1 atom stereocenters. The Morgan fingerprint density at radius 3 is 2.48 bits per heavy atom. The minimum absolute atomic E-state index is 0.00167. The van der Waals surface area contributed by atoms with Crippen LogP contribution in [0, 0.1) is 5.92 Å². The maximum atomic E-state index is 11.4. The summed E-state index contributed by atoms with van der Waals surface area (Å²) in [4.78, 5) is 13.8. The largest absolute Gasteiger partial charge is 0.496 e. The summed E-state index contributed by atoms with van der Waals surface area (Å²) in [7, 11) is 1.70. The van der Waals surface area contributed by atoms with Crippen molar-refractivity contribution in [3.05, 3.63) is 76.3 Å². The quantitative estimate of drug-likeness (QED) is 0.554. The van der Waals surface area contributed by atoms with Gasteiger partial charge < -0.3 is 9.84 Å². The summed E-state index contributed by atoms with van der Waals surface area (Å²) in [6.07, 6.45) is 1.32. The summed E-state index contributed by atoms with van der Waals surface area (Å²) in [5.74, 6) is -0.105. The van der Waals surface area contributed by atoms with E-state index >= 15 is 0 Å². The summed E-state index contributed by atoms with van der Waals surface area (Å²) < 4.78 is 6.70. The molecule has 1 N–H and O–H groups in total. The molecule has 1 saturated heterocycles. The van der Waals surface area contributed by atoms with E-state index in [1.807, 2.05) is 18.2 Å². The molecule has 0 amide bonds. The number of aliphatic carboxylic acids is 1. The average Bonchev–Trinajstić information content (AvgIpc) is 2.74. The molecule has 0 bridgehead atoms. The number of rotatable bonds is 5. The maximum absolute atomic E-state index is 11.4. The highest BCUT2D eigenvalue weighted by atomic mass is 79.9. The number of carboxylic acid groups (broad SMARTS) is 1. The van der Waals surface area contributed by atoms with Gasteiger partial charge in [0.15, 0.2) is 0 Å². The van der Waals surface area contributed by atoms with Crippen LogP contribution in [-0.2, 0) is 4.79 Å². The van der Waals surface area contributed by atoms with Crippen LogP contribution in [0.2, 0.25) is 0 Å². The average molecular weight is 454 g/mol. The molecule has 1 unspecified atom stereocenters. The molecule has 0 saturated carbocycles. The second-order valence-electron chi connectivity index (χ2n) is 7.54. The van der Waals surface area contributed by atoms with E-state index in [0.717, 1.165) is 28.9 Å². The van der Waals surface area contributed by atoms with Gasteiger partial charge in [0.2, 0.25) is 0 Å². The monoisotopic (exact) mass is 453 g/mol. The third-order valence-electron chi connectivity index (χ3n) is 5.82. The number of fused-ring (bicyclic) bond motifs is 1. The van der Waals surface area contributed by atoms with Crippen molar-refractivity contribution < 1.29 is 14.6 Å². The number of hydrogen-bond acceptors (Lipinski definition) is 3. The van der Waals surface area contributed by atoms with Crippen molar-refractivity contribution in [1.29, 1.82) is 0 Å². The predicted molar refractivity (Wildman–Crippen MR) is 118 cm³/mol. The van der Waals surface area contributed by atoms with Crippen LogP contribution in [0.1, 0.15) is 30.0 Å². The lowest BCUT2D eigenvalue weighted by Gasteiger charge is -2.37. The van der Waals surface area contributed by atoms with Gasteiger partial charge in [-0.15, -0.1) is 0 Å². The Hall–Kier alpha value is -2.37. The fourth-order valence-corrected chi connectivity index (χ4v) is 4.67. The van der Waals surface area contributed by atoms with E-state index in [0.29, 0.717) is 12.8 Å².